The van der Waals surface area contributed by atoms with Gasteiger partial charge in [-0.25, -0.2) is 15.0 Å². The maximum absolute atomic E-state index is 9.81. The fourth-order valence-corrected chi connectivity index (χ4v) is 4.08. The van der Waals surface area contributed by atoms with Crippen molar-refractivity contribution in [2.24, 2.45) is 23.7 Å². The summed E-state index contributed by atoms with van der Waals surface area (Å²) in [5.41, 5.74) is 1.49. The van der Waals surface area contributed by atoms with Crippen molar-refractivity contribution in [3.05, 3.63) is 12.7 Å². The Balaban J connectivity index is 2.07. The molecule has 0 saturated carbocycles. The van der Waals surface area contributed by atoms with Gasteiger partial charge in [-0.3, -0.25) is 4.57 Å². The molecule has 0 radical (unpaired) electrons. The van der Waals surface area contributed by atoms with E-state index in [1.54, 1.807) is 6.33 Å². The zero-order valence-corrected chi connectivity index (χ0v) is 15.0. The summed E-state index contributed by atoms with van der Waals surface area (Å²) in [6.07, 6.45) is 2.97. The minimum absolute atomic E-state index is 0.0337. The second-order valence-corrected chi connectivity index (χ2v) is 7.19. The van der Waals surface area contributed by atoms with Crippen LogP contribution < -0.4 is 5.32 Å². The molecule has 132 valence electrons. The van der Waals surface area contributed by atoms with Crippen LogP contribution in [-0.4, -0.2) is 44.4 Å². The normalized spacial score (nSPS) is 27.5. The zero-order chi connectivity index (χ0) is 17.4. The highest BCUT2D eigenvalue weighted by molar-refractivity contribution is 5.82. The minimum atomic E-state index is -0.181. The lowest BCUT2D eigenvalue weighted by Crippen LogP contribution is -2.31. The van der Waals surface area contributed by atoms with Gasteiger partial charge in [-0.05, 0) is 17.8 Å². The Bertz CT molecular complexity index is 699. The van der Waals surface area contributed by atoms with Crippen LogP contribution in [0, 0.1) is 23.7 Å². The van der Waals surface area contributed by atoms with Crippen LogP contribution in [0.25, 0.3) is 11.2 Å². The van der Waals surface area contributed by atoms with E-state index in [1.165, 1.54) is 6.33 Å². The fourth-order valence-electron chi connectivity index (χ4n) is 4.08. The lowest BCUT2D eigenvalue weighted by atomic mass is 9.75. The topological polar surface area (TPSA) is 85.1 Å². The van der Waals surface area contributed by atoms with E-state index in [1.807, 2.05) is 11.6 Å². The summed E-state index contributed by atoms with van der Waals surface area (Å²) in [5.74, 6) is 2.13. The molecule has 0 spiro atoms. The van der Waals surface area contributed by atoms with Crippen LogP contribution in [0.1, 0.15) is 33.9 Å². The smallest absolute Gasteiger partial charge is 0.167 e. The number of aromatic nitrogens is 4. The first-order valence-corrected chi connectivity index (χ1v) is 8.61. The maximum Gasteiger partial charge on any atom is 0.167 e. The molecule has 24 heavy (non-hydrogen) atoms. The Labute approximate surface area is 142 Å². The van der Waals surface area contributed by atoms with Crippen LogP contribution in [0.2, 0.25) is 0 Å². The first kappa shape index (κ1) is 17.1. The molecule has 2 aromatic heterocycles. The van der Waals surface area contributed by atoms with Crippen molar-refractivity contribution in [1.82, 2.24) is 19.5 Å². The molecule has 0 amide bonds. The van der Waals surface area contributed by atoms with E-state index >= 15 is 0 Å². The van der Waals surface area contributed by atoms with Crippen LogP contribution in [0.4, 0.5) is 5.82 Å². The molecule has 2 N–H and O–H groups in total. The van der Waals surface area contributed by atoms with Crippen LogP contribution in [0.15, 0.2) is 12.7 Å². The molecule has 1 aliphatic heterocycles. The number of anilines is 1. The van der Waals surface area contributed by atoms with Gasteiger partial charge in [-0.15, -0.1) is 0 Å². The average molecular weight is 333 g/mol. The van der Waals surface area contributed by atoms with Crippen LogP contribution in [0.3, 0.4) is 0 Å². The summed E-state index contributed by atoms with van der Waals surface area (Å²) >= 11 is 0. The van der Waals surface area contributed by atoms with Gasteiger partial charge < -0.3 is 15.2 Å². The second kappa shape index (κ2) is 6.64. The van der Waals surface area contributed by atoms with E-state index in [2.05, 4.69) is 48.0 Å². The lowest BCUT2D eigenvalue weighted by molar-refractivity contribution is -0.0405. The maximum atomic E-state index is 9.81. The van der Waals surface area contributed by atoms with Crippen molar-refractivity contribution in [1.29, 1.82) is 0 Å². The molecule has 1 saturated heterocycles. The molecule has 1 aliphatic rings. The van der Waals surface area contributed by atoms with Gasteiger partial charge >= 0.3 is 0 Å². The van der Waals surface area contributed by atoms with E-state index in [0.717, 1.165) is 11.2 Å². The third-order valence-electron chi connectivity index (χ3n) is 5.11. The molecule has 0 aromatic carbocycles. The Hall–Kier alpha value is -1.73. The molecule has 1 fully saturated rings. The lowest BCUT2D eigenvalue weighted by Gasteiger charge is -2.30. The first-order chi connectivity index (χ1) is 11.5. The number of fused-ring (bicyclic) bond motifs is 1. The van der Waals surface area contributed by atoms with Crippen molar-refractivity contribution in [3.8, 4) is 0 Å². The molecule has 0 aliphatic carbocycles. The van der Waals surface area contributed by atoms with Gasteiger partial charge in [-0.2, -0.15) is 0 Å². The SMILES string of the molecule is CNc1ncnc2c1ncn2[C@@H]1O[C@H](CO)[C@H](C(C)C)C1C(C)C. The van der Waals surface area contributed by atoms with Crippen LogP contribution in [-0.2, 0) is 4.74 Å². The minimum Gasteiger partial charge on any atom is -0.394 e. The summed E-state index contributed by atoms with van der Waals surface area (Å²) in [4.78, 5) is 13.1. The molecule has 1 unspecified atom stereocenters. The van der Waals surface area contributed by atoms with Gasteiger partial charge in [-0.1, -0.05) is 27.7 Å². The number of hydrogen-bond donors (Lipinski definition) is 2. The van der Waals surface area contributed by atoms with Crippen LogP contribution in [0.5, 0.6) is 0 Å². The molecule has 4 atom stereocenters. The van der Waals surface area contributed by atoms with Gasteiger partial charge in [0, 0.05) is 13.0 Å². The summed E-state index contributed by atoms with van der Waals surface area (Å²) in [5, 5.41) is 12.9. The Kier molecular flexibility index (Phi) is 4.73. The summed E-state index contributed by atoms with van der Waals surface area (Å²) in [7, 11) is 1.82. The van der Waals surface area contributed by atoms with Gasteiger partial charge in [0.05, 0.1) is 19.0 Å². The van der Waals surface area contributed by atoms with E-state index in [-0.39, 0.29) is 24.9 Å². The highest BCUT2D eigenvalue weighted by Gasteiger charge is 2.47. The Morgan fingerprint density at radius 3 is 2.46 bits per heavy atom. The molecular formula is C17H27N5O2. The van der Waals surface area contributed by atoms with Gasteiger partial charge in [0.1, 0.15) is 18.1 Å². The molecule has 7 heteroatoms. The summed E-state index contributed by atoms with van der Waals surface area (Å²) < 4.78 is 8.27. The predicted molar refractivity (Wildman–Crippen MR) is 92.5 cm³/mol. The van der Waals surface area contributed by atoms with E-state index in [0.29, 0.717) is 23.6 Å². The predicted octanol–water partition coefficient (Wildman–Crippen LogP) is 2.30. The summed E-state index contributed by atoms with van der Waals surface area (Å²) in [6.45, 7) is 8.85. The fraction of sp³-hybridized carbons (Fsp3) is 0.706. The number of nitrogens with one attached hydrogen (secondary N) is 1. The first-order valence-electron chi connectivity index (χ1n) is 8.61. The standard InChI is InChI=1S/C17H27N5O2/c1-9(2)12-11(6-23)24-17(13(12)10(3)4)22-8-21-14-15(18-5)19-7-20-16(14)22/h7-13,17,23H,6H2,1-5H3,(H,18,19,20)/t11-,12+,13?,17-/m1/s1. The second-order valence-electron chi connectivity index (χ2n) is 7.19. The highest BCUT2D eigenvalue weighted by atomic mass is 16.5. The number of imidazole rings is 1. The van der Waals surface area contributed by atoms with E-state index in [4.69, 9.17) is 4.74 Å². The Morgan fingerprint density at radius 2 is 1.88 bits per heavy atom. The number of aliphatic hydroxyl groups is 1. The molecule has 2 aromatic rings. The largest absolute Gasteiger partial charge is 0.394 e. The van der Waals surface area contributed by atoms with Gasteiger partial charge in [0.25, 0.3) is 0 Å². The molecule has 0 bridgehead atoms. The van der Waals surface area contributed by atoms with Crippen molar-refractivity contribution < 1.29 is 9.84 Å². The molecule has 3 heterocycles. The number of aliphatic hydroxyl groups excluding tert-OH is 1. The van der Waals surface area contributed by atoms with Crippen molar-refractivity contribution in [2.75, 3.05) is 19.0 Å². The Morgan fingerprint density at radius 1 is 1.17 bits per heavy atom. The van der Waals surface area contributed by atoms with Crippen molar-refractivity contribution in [2.45, 2.75) is 40.0 Å². The van der Waals surface area contributed by atoms with Crippen molar-refractivity contribution >= 4 is 17.0 Å². The number of nitrogens with zero attached hydrogens (tertiary/aromatic N) is 4. The van der Waals surface area contributed by atoms with E-state index < -0.39 is 0 Å². The number of ether oxygens (including phenoxy) is 1. The number of hydrogen-bond acceptors (Lipinski definition) is 6. The molecule has 3 rings (SSSR count). The monoisotopic (exact) mass is 333 g/mol. The zero-order valence-electron chi connectivity index (χ0n) is 15.0. The van der Waals surface area contributed by atoms with Gasteiger partial charge in [0.2, 0.25) is 0 Å². The third-order valence-corrected chi connectivity index (χ3v) is 5.11. The molecular weight excluding hydrogens is 306 g/mol. The third kappa shape index (κ3) is 2.65. The van der Waals surface area contributed by atoms with Gasteiger partial charge in [0.15, 0.2) is 11.5 Å². The average Bonchev–Trinajstić information content (AvgIpc) is 3.15. The van der Waals surface area contributed by atoms with E-state index in [9.17, 15) is 5.11 Å². The van der Waals surface area contributed by atoms with Crippen LogP contribution >= 0.6 is 0 Å². The molecule has 7 nitrogen and oxygen atoms in total. The highest BCUT2D eigenvalue weighted by Crippen LogP contribution is 2.47. The van der Waals surface area contributed by atoms with Crippen molar-refractivity contribution in [3.63, 3.8) is 0 Å². The summed E-state index contributed by atoms with van der Waals surface area (Å²) in [6, 6.07) is 0. The quantitative estimate of drug-likeness (QED) is 0.873. The number of rotatable bonds is 5.